The summed E-state index contributed by atoms with van der Waals surface area (Å²) >= 11 is 2.93. The van der Waals surface area contributed by atoms with Crippen LogP contribution < -0.4 is 10.2 Å². The van der Waals surface area contributed by atoms with Gasteiger partial charge in [-0.3, -0.25) is 4.79 Å². The molecule has 5 nitrogen and oxygen atoms in total. The molecule has 2 aromatic carbocycles. The van der Waals surface area contributed by atoms with Crippen molar-refractivity contribution in [3.63, 3.8) is 0 Å². The lowest BCUT2D eigenvalue weighted by Gasteiger charge is -2.23. The van der Waals surface area contributed by atoms with Gasteiger partial charge in [0.2, 0.25) is 5.13 Å². The number of aromatic nitrogens is 2. The molecule has 31 heavy (non-hydrogen) atoms. The van der Waals surface area contributed by atoms with Gasteiger partial charge in [-0.05, 0) is 23.6 Å². The highest BCUT2D eigenvalue weighted by Gasteiger charge is 2.38. The van der Waals surface area contributed by atoms with E-state index in [1.807, 2.05) is 31.3 Å². The molecule has 2 heterocycles. The average molecular weight is 451 g/mol. The van der Waals surface area contributed by atoms with Crippen molar-refractivity contribution in [2.45, 2.75) is 30.0 Å². The molecule has 7 heteroatoms. The summed E-state index contributed by atoms with van der Waals surface area (Å²) in [4.78, 5) is 14.8. The van der Waals surface area contributed by atoms with Gasteiger partial charge in [0.05, 0.1) is 5.75 Å². The van der Waals surface area contributed by atoms with E-state index in [1.165, 1.54) is 34.2 Å². The van der Waals surface area contributed by atoms with Crippen molar-refractivity contribution in [3.8, 4) is 0 Å². The molecule has 1 N–H and O–H groups in total. The molecule has 0 saturated heterocycles. The first-order chi connectivity index (χ1) is 14.9. The highest BCUT2D eigenvalue weighted by Crippen LogP contribution is 2.46. The van der Waals surface area contributed by atoms with Crippen LogP contribution in [0.5, 0.6) is 0 Å². The van der Waals surface area contributed by atoms with Gasteiger partial charge in [-0.15, -0.1) is 10.2 Å². The van der Waals surface area contributed by atoms with Gasteiger partial charge in [-0.2, -0.15) is 0 Å². The van der Waals surface area contributed by atoms with Crippen LogP contribution in [0.15, 0.2) is 70.7 Å². The van der Waals surface area contributed by atoms with Gasteiger partial charge in [0.25, 0.3) is 0 Å². The van der Waals surface area contributed by atoms with Crippen molar-refractivity contribution in [2.24, 2.45) is 0 Å². The Hall–Kier alpha value is -2.64. The summed E-state index contributed by atoms with van der Waals surface area (Å²) in [5.74, 6) is 0.434. The number of nitrogens with zero attached hydrogens (tertiary/aromatic N) is 3. The molecule has 1 aliphatic heterocycles. The fourth-order valence-corrected chi connectivity index (χ4v) is 5.48. The maximum absolute atomic E-state index is 12.7. The first-order valence-corrected chi connectivity index (χ1v) is 12.1. The van der Waals surface area contributed by atoms with Crippen molar-refractivity contribution >= 4 is 39.7 Å². The highest BCUT2D eigenvalue weighted by atomic mass is 32.2. The number of allylic oxidation sites excluding steroid dienone is 2. The van der Waals surface area contributed by atoms with Crippen LogP contribution >= 0.6 is 23.1 Å². The molecule has 3 aromatic rings. The summed E-state index contributed by atoms with van der Waals surface area (Å²) in [5.41, 5.74) is 4.54. The van der Waals surface area contributed by atoms with E-state index in [4.69, 9.17) is 0 Å². The van der Waals surface area contributed by atoms with Crippen molar-refractivity contribution in [2.75, 3.05) is 29.6 Å². The van der Waals surface area contributed by atoms with E-state index in [0.717, 1.165) is 33.8 Å². The average Bonchev–Trinajstić information content (AvgIpc) is 3.30. The van der Waals surface area contributed by atoms with Crippen molar-refractivity contribution in [1.82, 2.24) is 10.2 Å². The van der Waals surface area contributed by atoms with Crippen LogP contribution in [0, 0.1) is 0 Å². The summed E-state index contributed by atoms with van der Waals surface area (Å²) in [6, 6.07) is 18.7. The lowest BCUT2D eigenvalue weighted by atomic mass is 9.83. The summed E-state index contributed by atoms with van der Waals surface area (Å²) in [6.45, 7) is 5.13. The Morgan fingerprint density at radius 3 is 2.65 bits per heavy atom. The van der Waals surface area contributed by atoms with E-state index in [9.17, 15) is 4.79 Å². The van der Waals surface area contributed by atoms with Gasteiger partial charge in [0.1, 0.15) is 0 Å². The standard InChI is InChI=1S/C24H26N4OS2/c1-24(2)19-11-7-8-12-20(19)28(3)21(24)15-18(29)16-30-23-27-26-22(31-23)25-14-13-17-9-5-4-6-10-17/h4-12,15H,13-14,16H2,1-3H3,(H,25,26)/b21-15-. The topological polar surface area (TPSA) is 58.1 Å². The Labute approximate surface area is 191 Å². The molecule has 0 fully saturated rings. The van der Waals surface area contributed by atoms with Crippen LogP contribution in [-0.4, -0.2) is 35.3 Å². The molecule has 0 spiro atoms. The Morgan fingerprint density at radius 1 is 1.13 bits per heavy atom. The fourth-order valence-electron chi connectivity index (χ4n) is 3.88. The molecule has 0 bridgehead atoms. The van der Waals surface area contributed by atoms with Crippen molar-refractivity contribution < 1.29 is 4.79 Å². The number of rotatable bonds is 8. The number of hydrogen-bond acceptors (Lipinski definition) is 7. The van der Waals surface area contributed by atoms with Gasteiger partial charge in [0, 0.05) is 36.5 Å². The molecule has 0 saturated carbocycles. The number of likely N-dealkylation sites (N-methyl/N-ethyl adjacent to an activating group) is 1. The number of benzene rings is 2. The summed E-state index contributed by atoms with van der Waals surface area (Å²) in [7, 11) is 2.03. The molecule has 0 atom stereocenters. The number of carbonyl (C=O) groups is 1. The molecule has 0 aliphatic carbocycles. The molecule has 1 aliphatic rings. The van der Waals surface area contributed by atoms with Crippen LogP contribution in [0.25, 0.3) is 0 Å². The quantitative estimate of drug-likeness (QED) is 0.378. The van der Waals surface area contributed by atoms with Crippen LogP contribution in [-0.2, 0) is 16.6 Å². The minimum atomic E-state index is -0.190. The molecule has 0 amide bonds. The third-order valence-electron chi connectivity index (χ3n) is 5.52. The second kappa shape index (κ2) is 9.24. The summed E-state index contributed by atoms with van der Waals surface area (Å²) in [5, 5.41) is 12.5. The zero-order valence-corrected chi connectivity index (χ0v) is 19.6. The lowest BCUT2D eigenvalue weighted by Crippen LogP contribution is -2.24. The van der Waals surface area contributed by atoms with Crippen LogP contribution in [0.1, 0.15) is 25.0 Å². The Morgan fingerprint density at radius 2 is 1.87 bits per heavy atom. The number of hydrogen-bond donors (Lipinski definition) is 1. The number of fused-ring (bicyclic) bond motifs is 1. The SMILES string of the molecule is CN1/C(=C\C(=O)CSc2nnc(NCCc3ccccc3)s2)C(C)(C)c2ccccc21. The normalized spacial score (nSPS) is 15.8. The molecule has 0 radical (unpaired) electrons. The van der Waals surface area contributed by atoms with Crippen molar-refractivity contribution in [3.05, 3.63) is 77.5 Å². The molecular weight excluding hydrogens is 424 g/mol. The maximum Gasteiger partial charge on any atom is 0.206 e. The number of nitrogens with one attached hydrogen (secondary N) is 1. The Balaban J connectivity index is 1.31. The van der Waals surface area contributed by atoms with Gasteiger partial charge in [-0.1, -0.05) is 85.5 Å². The number of thioether (sulfide) groups is 1. The minimum Gasteiger partial charge on any atom is -0.360 e. The van der Waals surface area contributed by atoms with Gasteiger partial charge < -0.3 is 10.2 Å². The smallest absolute Gasteiger partial charge is 0.206 e. The first kappa shape index (κ1) is 21.6. The van der Waals surface area contributed by atoms with E-state index in [2.05, 4.69) is 64.6 Å². The highest BCUT2D eigenvalue weighted by molar-refractivity contribution is 8.01. The van der Waals surface area contributed by atoms with E-state index >= 15 is 0 Å². The van der Waals surface area contributed by atoms with E-state index in [-0.39, 0.29) is 11.2 Å². The number of anilines is 2. The molecule has 160 valence electrons. The Kier molecular flexibility index (Phi) is 6.43. The first-order valence-electron chi connectivity index (χ1n) is 10.3. The lowest BCUT2D eigenvalue weighted by molar-refractivity contribution is -0.112. The van der Waals surface area contributed by atoms with E-state index < -0.39 is 0 Å². The molecule has 0 unspecified atom stereocenters. The third kappa shape index (κ3) is 4.83. The summed E-state index contributed by atoms with van der Waals surface area (Å²) < 4.78 is 0.802. The maximum atomic E-state index is 12.7. The molecular formula is C24H26N4OS2. The second-order valence-electron chi connectivity index (χ2n) is 8.02. The predicted molar refractivity (Wildman–Crippen MR) is 130 cm³/mol. The second-order valence-corrected chi connectivity index (χ2v) is 10.2. The van der Waals surface area contributed by atoms with Crippen LogP contribution in [0.3, 0.4) is 0 Å². The van der Waals surface area contributed by atoms with E-state index in [1.54, 1.807) is 6.08 Å². The van der Waals surface area contributed by atoms with Crippen LogP contribution in [0.4, 0.5) is 10.8 Å². The molecule has 1 aromatic heterocycles. The van der Waals surface area contributed by atoms with E-state index in [0.29, 0.717) is 5.75 Å². The van der Waals surface area contributed by atoms with Gasteiger partial charge in [0.15, 0.2) is 10.1 Å². The number of carbonyl (C=O) groups excluding carboxylic acids is 1. The third-order valence-corrected chi connectivity index (χ3v) is 7.55. The van der Waals surface area contributed by atoms with Gasteiger partial charge in [-0.25, -0.2) is 0 Å². The monoisotopic (exact) mass is 450 g/mol. The number of ketones is 1. The van der Waals surface area contributed by atoms with Crippen molar-refractivity contribution in [1.29, 1.82) is 0 Å². The Bertz CT molecular complexity index is 1090. The predicted octanol–water partition coefficient (Wildman–Crippen LogP) is 5.17. The summed E-state index contributed by atoms with van der Waals surface area (Å²) in [6.07, 6.45) is 2.72. The molecule has 4 rings (SSSR count). The zero-order valence-electron chi connectivity index (χ0n) is 18.0. The largest absolute Gasteiger partial charge is 0.360 e. The minimum absolute atomic E-state index is 0.0847. The van der Waals surface area contributed by atoms with Gasteiger partial charge >= 0.3 is 0 Å². The zero-order chi connectivity index (χ0) is 21.8. The fraction of sp³-hybridized carbons (Fsp3) is 0.292. The number of para-hydroxylation sites is 1. The van der Waals surface area contributed by atoms with Crippen LogP contribution in [0.2, 0.25) is 0 Å².